The third kappa shape index (κ3) is 3.89. The van der Waals surface area contributed by atoms with Crippen molar-refractivity contribution in [3.05, 3.63) is 64.2 Å². The van der Waals surface area contributed by atoms with E-state index < -0.39 is 11.7 Å². The average Bonchev–Trinajstić information content (AvgIpc) is 2.44. The van der Waals surface area contributed by atoms with E-state index in [1.807, 2.05) is 6.07 Å². The lowest BCUT2D eigenvalue weighted by Gasteiger charge is -2.12. The van der Waals surface area contributed by atoms with Gasteiger partial charge in [0, 0.05) is 17.3 Å². The third-order valence-corrected chi connectivity index (χ3v) is 3.06. The lowest BCUT2D eigenvalue weighted by molar-refractivity contribution is -0.137. The number of alkyl halides is 3. The Balaban J connectivity index is 2.21. The van der Waals surface area contributed by atoms with Gasteiger partial charge in [-0.15, -0.1) is 0 Å². The van der Waals surface area contributed by atoms with Crippen molar-refractivity contribution < 1.29 is 13.2 Å². The summed E-state index contributed by atoms with van der Waals surface area (Å²) in [5, 5.41) is 11.8. The summed E-state index contributed by atoms with van der Waals surface area (Å²) in [5.41, 5.74) is 0.616. The Bertz CT molecular complexity index is 690. The number of halogens is 4. The number of hydrogen-bond acceptors (Lipinski definition) is 2. The molecule has 0 aromatic heterocycles. The second-order valence-corrected chi connectivity index (χ2v) is 4.79. The van der Waals surface area contributed by atoms with Crippen LogP contribution in [0.15, 0.2) is 42.5 Å². The molecule has 0 radical (unpaired) electrons. The van der Waals surface area contributed by atoms with Gasteiger partial charge < -0.3 is 5.32 Å². The molecule has 0 saturated carbocycles. The van der Waals surface area contributed by atoms with Gasteiger partial charge in [0.25, 0.3) is 0 Å². The molecule has 0 fully saturated rings. The first-order valence-corrected chi connectivity index (χ1v) is 6.37. The van der Waals surface area contributed by atoms with Gasteiger partial charge in [0.15, 0.2) is 0 Å². The van der Waals surface area contributed by atoms with Crippen LogP contribution in [0.2, 0.25) is 5.02 Å². The van der Waals surface area contributed by atoms with Crippen molar-refractivity contribution in [2.24, 2.45) is 0 Å². The molecule has 2 aromatic carbocycles. The molecule has 0 amide bonds. The predicted molar refractivity (Wildman–Crippen MR) is 74.9 cm³/mol. The van der Waals surface area contributed by atoms with E-state index in [1.54, 1.807) is 24.3 Å². The van der Waals surface area contributed by atoms with E-state index in [9.17, 15) is 13.2 Å². The summed E-state index contributed by atoms with van der Waals surface area (Å²) in [6, 6.07) is 12.2. The molecule has 0 aliphatic rings. The highest BCUT2D eigenvalue weighted by atomic mass is 35.5. The molecule has 108 valence electrons. The van der Waals surface area contributed by atoms with E-state index in [0.717, 1.165) is 12.1 Å². The molecule has 0 atom stereocenters. The second kappa shape index (κ2) is 6.06. The maximum atomic E-state index is 12.7. The van der Waals surface area contributed by atoms with Gasteiger partial charge in [-0.3, -0.25) is 0 Å². The van der Waals surface area contributed by atoms with Crippen molar-refractivity contribution in [3.63, 3.8) is 0 Å². The zero-order chi connectivity index (χ0) is 15.5. The highest BCUT2D eigenvalue weighted by molar-refractivity contribution is 6.30. The number of anilines is 1. The number of hydrogen-bond donors (Lipinski definition) is 1. The molecule has 0 aliphatic heterocycles. The molecule has 1 N–H and O–H groups in total. The fourth-order valence-electron chi connectivity index (χ4n) is 1.84. The van der Waals surface area contributed by atoms with Crippen molar-refractivity contribution in [1.29, 1.82) is 5.26 Å². The smallest absolute Gasteiger partial charge is 0.381 e. The van der Waals surface area contributed by atoms with E-state index in [1.165, 1.54) is 6.07 Å². The largest absolute Gasteiger partial charge is 0.416 e. The minimum absolute atomic E-state index is 0.000827. The highest BCUT2D eigenvalue weighted by Gasteiger charge is 2.31. The van der Waals surface area contributed by atoms with Gasteiger partial charge in [0.2, 0.25) is 0 Å². The van der Waals surface area contributed by atoms with Crippen LogP contribution in [0.3, 0.4) is 0 Å². The minimum atomic E-state index is -4.45. The van der Waals surface area contributed by atoms with Gasteiger partial charge in [-0.05, 0) is 29.8 Å². The first-order valence-electron chi connectivity index (χ1n) is 6.00. The molecule has 2 rings (SSSR count). The van der Waals surface area contributed by atoms with Gasteiger partial charge in [0.05, 0.1) is 17.2 Å². The molecule has 6 heteroatoms. The van der Waals surface area contributed by atoms with Crippen molar-refractivity contribution in [2.75, 3.05) is 5.32 Å². The van der Waals surface area contributed by atoms with Crippen molar-refractivity contribution in [2.45, 2.75) is 12.7 Å². The summed E-state index contributed by atoms with van der Waals surface area (Å²) in [5.74, 6) is 0. The van der Waals surface area contributed by atoms with Crippen molar-refractivity contribution in [3.8, 4) is 6.07 Å². The summed E-state index contributed by atoms with van der Waals surface area (Å²) in [6.45, 7) is 0.237. The molecular weight excluding hydrogens is 301 g/mol. The van der Waals surface area contributed by atoms with Gasteiger partial charge in [-0.25, -0.2) is 0 Å². The summed E-state index contributed by atoms with van der Waals surface area (Å²) in [4.78, 5) is 0. The van der Waals surface area contributed by atoms with Gasteiger partial charge >= 0.3 is 6.18 Å². The van der Waals surface area contributed by atoms with Crippen LogP contribution in [0.4, 0.5) is 18.9 Å². The van der Waals surface area contributed by atoms with Crippen molar-refractivity contribution in [1.82, 2.24) is 0 Å². The van der Waals surface area contributed by atoms with Crippen molar-refractivity contribution >= 4 is 17.3 Å². The Kier molecular flexibility index (Phi) is 4.39. The maximum absolute atomic E-state index is 12.7. The lowest BCUT2D eigenvalue weighted by Crippen LogP contribution is -2.07. The van der Waals surface area contributed by atoms with Gasteiger partial charge in [-0.2, -0.15) is 18.4 Å². The number of nitriles is 1. The van der Waals surface area contributed by atoms with Crippen LogP contribution < -0.4 is 5.32 Å². The van der Waals surface area contributed by atoms with Crippen LogP contribution in [-0.4, -0.2) is 0 Å². The van der Waals surface area contributed by atoms with Gasteiger partial charge in [-0.1, -0.05) is 29.8 Å². The van der Waals surface area contributed by atoms with Crippen LogP contribution in [0.1, 0.15) is 16.7 Å². The molecule has 0 unspecified atom stereocenters. The Morgan fingerprint density at radius 3 is 2.52 bits per heavy atom. The summed E-state index contributed by atoms with van der Waals surface area (Å²) in [7, 11) is 0. The van der Waals surface area contributed by atoms with E-state index in [2.05, 4.69) is 5.32 Å². The Hall–Kier alpha value is -2.19. The summed E-state index contributed by atoms with van der Waals surface area (Å²) >= 11 is 5.70. The molecule has 0 spiro atoms. The van der Waals surface area contributed by atoms with Crippen LogP contribution in [0, 0.1) is 11.3 Å². The number of nitrogens with one attached hydrogen (secondary N) is 1. The normalized spacial score (nSPS) is 11.0. The molecule has 0 aliphatic carbocycles. The maximum Gasteiger partial charge on any atom is 0.416 e. The van der Waals surface area contributed by atoms with Crippen LogP contribution in [-0.2, 0) is 12.7 Å². The molecule has 0 saturated heterocycles. The van der Waals surface area contributed by atoms with Crippen LogP contribution in [0.5, 0.6) is 0 Å². The van der Waals surface area contributed by atoms with E-state index in [0.29, 0.717) is 11.1 Å². The average molecular weight is 311 g/mol. The fourth-order valence-corrected chi connectivity index (χ4v) is 2.07. The Morgan fingerprint density at radius 2 is 1.86 bits per heavy atom. The quantitative estimate of drug-likeness (QED) is 0.880. The van der Waals surface area contributed by atoms with E-state index in [-0.39, 0.29) is 17.3 Å². The second-order valence-electron chi connectivity index (χ2n) is 4.35. The number of benzene rings is 2. The predicted octanol–water partition coefficient (Wildman–Crippen LogP) is 4.84. The Labute approximate surface area is 124 Å². The molecular formula is C15H10ClF3N2. The molecule has 2 aromatic rings. The topological polar surface area (TPSA) is 35.8 Å². The minimum Gasteiger partial charge on any atom is -0.381 e. The highest BCUT2D eigenvalue weighted by Crippen LogP contribution is 2.33. The summed E-state index contributed by atoms with van der Waals surface area (Å²) in [6.07, 6.45) is -4.45. The third-order valence-electron chi connectivity index (χ3n) is 2.85. The molecule has 0 heterocycles. The molecule has 21 heavy (non-hydrogen) atoms. The number of rotatable bonds is 3. The standard InChI is InChI=1S/C15H10ClF3N2/c16-13-5-12(15(17,18)19)6-14(7-13)21-9-11-4-2-1-3-10(11)8-20/h1-7,21H,9H2. The summed E-state index contributed by atoms with van der Waals surface area (Å²) < 4.78 is 38.1. The van der Waals surface area contributed by atoms with E-state index in [4.69, 9.17) is 16.9 Å². The molecule has 2 nitrogen and oxygen atoms in total. The van der Waals surface area contributed by atoms with Crippen LogP contribution >= 0.6 is 11.6 Å². The lowest BCUT2D eigenvalue weighted by atomic mass is 10.1. The van der Waals surface area contributed by atoms with Crippen LogP contribution in [0.25, 0.3) is 0 Å². The fraction of sp³-hybridized carbons (Fsp3) is 0.133. The van der Waals surface area contributed by atoms with E-state index >= 15 is 0 Å². The zero-order valence-corrected chi connectivity index (χ0v) is 11.5. The monoisotopic (exact) mass is 310 g/mol. The zero-order valence-electron chi connectivity index (χ0n) is 10.7. The first kappa shape index (κ1) is 15.2. The Morgan fingerprint density at radius 1 is 1.14 bits per heavy atom. The first-order chi connectivity index (χ1) is 9.90. The SMILES string of the molecule is N#Cc1ccccc1CNc1cc(Cl)cc(C(F)(F)F)c1. The number of nitrogens with zero attached hydrogens (tertiary/aromatic N) is 1. The van der Waals surface area contributed by atoms with Gasteiger partial charge in [0.1, 0.15) is 0 Å². The molecule has 0 bridgehead atoms.